The minimum atomic E-state index is -2.91. The van der Waals surface area contributed by atoms with E-state index < -0.39 is 24.1 Å². The molecule has 4 heterocycles. The number of hydrogen-bond donors (Lipinski definition) is 2. The summed E-state index contributed by atoms with van der Waals surface area (Å²) in [5, 5.41) is 20.6. The van der Waals surface area contributed by atoms with Gasteiger partial charge in [0.1, 0.15) is 12.2 Å². The zero-order valence-electron chi connectivity index (χ0n) is 19.5. The Bertz CT molecular complexity index is 1560. The predicted octanol–water partition coefficient (Wildman–Crippen LogP) is 3.58. The van der Waals surface area contributed by atoms with Gasteiger partial charge in [0.25, 0.3) is 11.8 Å². The van der Waals surface area contributed by atoms with Gasteiger partial charge in [-0.25, -0.2) is 18.4 Å². The number of tetrazole rings is 1. The van der Waals surface area contributed by atoms with Crippen molar-refractivity contribution in [2.24, 2.45) is 0 Å². The molecule has 1 aliphatic heterocycles. The first-order valence-corrected chi connectivity index (χ1v) is 12.3. The molecule has 1 saturated heterocycles. The van der Waals surface area contributed by atoms with Gasteiger partial charge in [0.15, 0.2) is 5.82 Å². The molecule has 0 atom stereocenters. The van der Waals surface area contributed by atoms with Gasteiger partial charge < -0.3 is 15.4 Å². The van der Waals surface area contributed by atoms with Crippen LogP contribution in [-0.2, 0) is 11.3 Å². The van der Waals surface area contributed by atoms with Gasteiger partial charge in [0.2, 0.25) is 5.82 Å². The number of ether oxygens (including phenoxy) is 1. The molecule has 202 valence electrons. The van der Waals surface area contributed by atoms with Gasteiger partial charge in [0, 0.05) is 11.2 Å². The average Bonchev–Trinajstić information content (AvgIpc) is 3.51. The van der Waals surface area contributed by atoms with Crippen LogP contribution in [0.15, 0.2) is 36.5 Å². The maximum Gasteiger partial charge on any atom is 0.301 e. The van der Waals surface area contributed by atoms with Crippen LogP contribution in [0, 0.1) is 0 Å². The number of nitrogens with one attached hydrogen (secondary N) is 2. The van der Waals surface area contributed by atoms with Crippen molar-refractivity contribution in [3.8, 4) is 5.82 Å². The van der Waals surface area contributed by atoms with Crippen LogP contribution in [0.5, 0.6) is 0 Å². The first-order valence-electron chi connectivity index (χ1n) is 11.1. The van der Waals surface area contributed by atoms with Crippen molar-refractivity contribution in [2.45, 2.75) is 19.0 Å². The van der Waals surface area contributed by atoms with Crippen LogP contribution >= 0.6 is 34.8 Å². The van der Waals surface area contributed by atoms with E-state index in [1.807, 2.05) is 0 Å². The predicted molar refractivity (Wildman–Crippen MR) is 135 cm³/mol. The molecular weight excluding hydrogens is 583 g/mol. The Hall–Kier alpha value is -3.72. The summed E-state index contributed by atoms with van der Waals surface area (Å²) < 4.78 is 32.0. The molecule has 0 spiro atoms. The van der Waals surface area contributed by atoms with E-state index in [0.29, 0.717) is 13.2 Å². The maximum atomic E-state index is 13.5. The third-order valence-electron chi connectivity index (χ3n) is 5.41. The summed E-state index contributed by atoms with van der Waals surface area (Å²) in [6, 6.07) is 7.05. The smallest absolute Gasteiger partial charge is 0.301 e. The second-order valence-electron chi connectivity index (χ2n) is 8.19. The Labute approximate surface area is 233 Å². The number of amides is 2. The number of nitrogens with zero attached hydrogens (tertiary/aromatic N) is 7. The number of rotatable bonds is 8. The SMILES string of the molecule is O=C(NC1COC1)c1cc(Cl)cc(Cl)c1NC(=O)c1cc(Cn2nnc(C(F)F)n2)nn1-c1ncccc1Cl. The summed E-state index contributed by atoms with van der Waals surface area (Å²) >= 11 is 18.8. The van der Waals surface area contributed by atoms with Gasteiger partial charge in [-0.3, -0.25) is 9.59 Å². The number of hydrogen-bond acceptors (Lipinski definition) is 8. The van der Waals surface area contributed by atoms with Gasteiger partial charge >= 0.3 is 6.43 Å². The lowest BCUT2D eigenvalue weighted by Gasteiger charge is -2.27. The minimum Gasteiger partial charge on any atom is -0.377 e. The molecule has 12 nitrogen and oxygen atoms in total. The van der Waals surface area contributed by atoms with E-state index in [1.165, 1.54) is 24.4 Å². The molecule has 4 aromatic rings. The highest BCUT2D eigenvalue weighted by Gasteiger charge is 2.26. The van der Waals surface area contributed by atoms with Crippen LogP contribution in [0.25, 0.3) is 5.82 Å². The molecule has 1 aliphatic rings. The van der Waals surface area contributed by atoms with Gasteiger partial charge in [-0.2, -0.15) is 9.90 Å². The van der Waals surface area contributed by atoms with Crippen LogP contribution in [0.3, 0.4) is 0 Å². The highest BCUT2D eigenvalue weighted by molar-refractivity contribution is 6.38. The number of aromatic nitrogens is 7. The van der Waals surface area contributed by atoms with E-state index in [2.05, 4.69) is 36.1 Å². The molecule has 1 aromatic carbocycles. The number of carbonyl (C=O) groups excluding carboxylic acids is 2. The average molecular weight is 599 g/mol. The molecule has 0 aliphatic carbocycles. The van der Waals surface area contributed by atoms with Gasteiger partial charge in [-0.1, -0.05) is 34.8 Å². The highest BCUT2D eigenvalue weighted by atomic mass is 35.5. The number of anilines is 1. The first-order chi connectivity index (χ1) is 18.7. The second kappa shape index (κ2) is 11.2. The molecule has 0 bridgehead atoms. The van der Waals surface area contributed by atoms with Crippen molar-refractivity contribution in [3.05, 3.63) is 74.4 Å². The zero-order chi connectivity index (χ0) is 27.7. The topological polar surface area (TPSA) is 142 Å². The van der Waals surface area contributed by atoms with Crippen LogP contribution in [0.2, 0.25) is 15.1 Å². The highest BCUT2D eigenvalue weighted by Crippen LogP contribution is 2.31. The summed E-state index contributed by atoms with van der Waals surface area (Å²) in [6.07, 6.45) is -1.46. The van der Waals surface area contributed by atoms with Gasteiger partial charge in [0.05, 0.1) is 46.2 Å². The quantitative estimate of drug-likeness (QED) is 0.314. The fourth-order valence-corrected chi connectivity index (χ4v) is 4.30. The molecule has 2 amide bonds. The normalized spacial score (nSPS) is 13.4. The van der Waals surface area contributed by atoms with Crippen LogP contribution in [0.4, 0.5) is 14.5 Å². The molecule has 3 aromatic heterocycles. The van der Waals surface area contributed by atoms with E-state index in [0.717, 1.165) is 9.48 Å². The fourth-order valence-electron chi connectivity index (χ4n) is 3.56. The summed E-state index contributed by atoms with van der Waals surface area (Å²) in [4.78, 5) is 31.6. The van der Waals surface area contributed by atoms with E-state index >= 15 is 0 Å². The van der Waals surface area contributed by atoms with Crippen LogP contribution in [-0.4, -0.2) is 66.0 Å². The second-order valence-corrected chi connectivity index (χ2v) is 9.44. The lowest BCUT2D eigenvalue weighted by Crippen LogP contribution is -2.48. The molecule has 1 fully saturated rings. The minimum absolute atomic E-state index is 0.00439. The monoisotopic (exact) mass is 597 g/mol. The molecule has 5 rings (SSSR count). The molecule has 0 saturated carbocycles. The molecule has 17 heteroatoms. The van der Waals surface area contributed by atoms with Crippen molar-refractivity contribution in [1.82, 2.24) is 40.3 Å². The first kappa shape index (κ1) is 26.9. The summed E-state index contributed by atoms with van der Waals surface area (Å²) in [5.41, 5.74) is 0.167. The van der Waals surface area contributed by atoms with Crippen molar-refractivity contribution >= 4 is 52.3 Å². The number of pyridine rings is 1. The molecule has 39 heavy (non-hydrogen) atoms. The number of benzene rings is 1. The van der Waals surface area contributed by atoms with Crippen molar-refractivity contribution < 1.29 is 23.1 Å². The van der Waals surface area contributed by atoms with Crippen molar-refractivity contribution in [3.63, 3.8) is 0 Å². The molecule has 0 radical (unpaired) electrons. The summed E-state index contributed by atoms with van der Waals surface area (Å²) in [5.74, 6) is -1.89. The molecular formula is C22H16Cl3F2N9O3. The van der Waals surface area contributed by atoms with Crippen molar-refractivity contribution in [2.75, 3.05) is 18.5 Å². The van der Waals surface area contributed by atoms with Crippen molar-refractivity contribution in [1.29, 1.82) is 0 Å². The number of carbonyl (C=O) groups is 2. The molecule has 2 N–H and O–H groups in total. The van der Waals surface area contributed by atoms with Gasteiger partial charge in [-0.15, -0.1) is 10.2 Å². The summed E-state index contributed by atoms with van der Waals surface area (Å²) in [6.45, 7) is 0.512. The molecule has 0 unspecified atom stereocenters. The maximum absolute atomic E-state index is 13.5. The Morgan fingerprint density at radius 1 is 1.10 bits per heavy atom. The van der Waals surface area contributed by atoms with Crippen LogP contribution < -0.4 is 10.6 Å². The van der Waals surface area contributed by atoms with Gasteiger partial charge in [-0.05, 0) is 35.5 Å². The van der Waals surface area contributed by atoms with E-state index in [-0.39, 0.29) is 56.1 Å². The Kier molecular flexibility index (Phi) is 7.70. The van der Waals surface area contributed by atoms with E-state index in [4.69, 9.17) is 39.5 Å². The van der Waals surface area contributed by atoms with E-state index in [9.17, 15) is 18.4 Å². The zero-order valence-corrected chi connectivity index (χ0v) is 21.8. The Morgan fingerprint density at radius 3 is 2.56 bits per heavy atom. The Morgan fingerprint density at radius 2 is 1.90 bits per heavy atom. The third-order valence-corrected chi connectivity index (χ3v) is 6.22. The fraction of sp³-hybridized carbons (Fsp3) is 0.227. The lowest BCUT2D eigenvalue weighted by atomic mass is 10.1. The lowest BCUT2D eigenvalue weighted by molar-refractivity contribution is -0.00344. The number of alkyl halides is 2. The summed E-state index contributed by atoms with van der Waals surface area (Å²) in [7, 11) is 0. The Balaban J connectivity index is 1.50. The van der Waals surface area contributed by atoms with Crippen LogP contribution in [0.1, 0.15) is 38.8 Å². The largest absolute Gasteiger partial charge is 0.377 e. The number of halogens is 5. The third kappa shape index (κ3) is 5.83. The van der Waals surface area contributed by atoms with E-state index in [1.54, 1.807) is 12.1 Å². The standard InChI is InChI=1S/C22H16Cl3F2N9O3/c23-10-4-13(21(37)29-12-8-39-9-12)17(15(25)5-10)30-22(38)16-6-11(7-35-33-19(18(26)27)31-34-35)32-36(16)20-14(24)2-1-3-28-20/h1-6,12,18H,7-9H2,(H,29,37)(H,30,38).